The van der Waals surface area contributed by atoms with Gasteiger partial charge in [0.25, 0.3) is 0 Å². The van der Waals surface area contributed by atoms with Gasteiger partial charge < -0.3 is 4.57 Å². The largest absolute Gasteiger partial charge is 0.692 e. The zero-order valence-electron chi connectivity index (χ0n) is 19.4. The predicted molar refractivity (Wildman–Crippen MR) is 137 cm³/mol. The van der Waals surface area contributed by atoms with Crippen molar-refractivity contribution in [3.05, 3.63) is 83.9 Å². The van der Waals surface area contributed by atoms with Gasteiger partial charge in [-0.3, -0.25) is 0 Å². The number of nitrogens with zero attached hydrogens (tertiary/aromatic N) is 2. The number of aryl methyl sites for hydroxylation is 1. The zero-order valence-corrected chi connectivity index (χ0v) is 20.3. The van der Waals surface area contributed by atoms with Crippen LogP contribution in [-0.4, -0.2) is 31.7 Å². The summed E-state index contributed by atoms with van der Waals surface area (Å²) in [4.78, 5) is 14.2. The molecule has 5 nitrogen and oxygen atoms in total. The van der Waals surface area contributed by atoms with Crippen LogP contribution in [0.2, 0.25) is 0 Å². The summed E-state index contributed by atoms with van der Waals surface area (Å²) in [6.07, 6.45) is 4.55. The Bertz CT molecular complexity index is 1430. The average Bonchev–Trinajstić information content (AvgIpc) is 3.21. The molecule has 1 aliphatic rings. The first kappa shape index (κ1) is 23.1. The summed E-state index contributed by atoms with van der Waals surface area (Å²) in [6.45, 7) is 7.82. The summed E-state index contributed by atoms with van der Waals surface area (Å²) < 4.78 is 13.4. The summed E-state index contributed by atoms with van der Waals surface area (Å²) in [7, 11) is -0.698. The van der Waals surface area contributed by atoms with E-state index in [2.05, 4.69) is 116 Å². The lowest BCUT2D eigenvalue weighted by Gasteiger charge is -2.15. The molecule has 0 saturated carbocycles. The predicted octanol–water partition coefficient (Wildman–Crippen LogP) is 6.16. The molecule has 0 aliphatic carbocycles. The Hall–Kier alpha value is -3.11. The maximum Gasteiger partial charge on any atom is 0.692 e. The molecular weight excluding hydrogens is 431 g/mol. The smallest absolute Gasteiger partial charge is 0.341 e. The van der Waals surface area contributed by atoms with Crippen molar-refractivity contribution in [2.75, 3.05) is 7.05 Å². The van der Waals surface area contributed by atoms with Gasteiger partial charge in [0.2, 0.25) is 5.69 Å². The maximum absolute atomic E-state index is 8.70. The van der Waals surface area contributed by atoms with Crippen LogP contribution < -0.4 is 0 Å². The number of para-hydroxylation sites is 2. The van der Waals surface area contributed by atoms with Crippen molar-refractivity contribution in [2.45, 2.75) is 32.7 Å². The first-order chi connectivity index (χ1) is 15.8. The molecule has 4 aromatic rings. The zero-order chi connectivity index (χ0) is 23.8. The lowest BCUT2D eigenvalue weighted by atomic mass is 9.81. The molecular formula is C27H29N2O3P+2. The van der Waals surface area contributed by atoms with Gasteiger partial charge in [0, 0.05) is 50.6 Å². The van der Waals surface area contributed by atoms with Crippen molar-refractivity contribution in [3.8, 4) is 0 Å². The minimum Gasteiger partial charge on any atom is -0.341 e. The van der Waals surface area contributed by atoms with E-state index in [-0.39, 0.29) is 5.41 Å². The Morgan fingerprint density at radius 3 is 2.27 bits per heavy atom. The van der Waals surface area contributed by atoms with Gasteiger partial charge in [0.1, 0.15) is 7.05 Å². The molecule has 0 bridgehead atoms. The van der Waals surface area contributed by atoms with Crippen LogP contribution in [0.25, 0.3) is 27.9 Å². The molecule has 0 radical (unpaired) electrons. The highest BCUT2D eigenvalue weighted by Gasteiger charge is 2.42. The van der Waals surface area contributed by atoms with Crippen LogP contribution in [0, 0.1) is 0 Å². The lowest BCUT2D eigenvalue weighted by Crippen LogP contribution is -2.26. The van der Waals surface area contributed by atoms with Crippen LogP contribution in [0.1, 0.15) is 31.9 Å². The molecule has 5 rings (SSSR count). The van der Waals surface area contributed by atoms with Crippen molar-refractivity contribution >= 4 is 47.5 Å². The number of hydrogen-bond acceptors (Lipinski definition) is 1. The fourth-order valence-electron chi connectivity index (χ4n) is 4.99. The molecule has 0 unspecified atom stereocenters. The Balaban J connectivity index is 0.000000601. The van der Waals surface area contributed by atoms with Crippen LogP contribution in [-0.2, 0) is 16.5 Å². The van der Waals surface area contributed by atoms with Gasteiger partial charge in [0.15, 0.2) is 5.71 Å². The molecule has 2 heterocycles. The van der Waals surface area contributed by atoms with Crippen LogP contribution in [0.5, 0.6) is 0 Å². The molecule has 168 valence electrons. The van der Waals surface area contributed by atoms with E-state index in [1.165, 1.54) is 44.3 Å². The van der Waals surface area contributed by atoms with E-state index in [1.54, 1.807) is 0 Å². The monoisotopic (exact) mass is 460 g/mol. The topological polar surface area (TPSA) is 65.5 Å². The minimum atomic E-state index is -2.87. The van der Waals surface area contributed by atoms with E-state index in [0.29, 0.717) is 0 Å². The van der Waals surface area contributed by atoms with Crippen molar-refractivity contribution < 1.29 is 18.9 Å². The normalized spacial score (nSPS) is 14.6. The molecule has 1 aliphatic heterocycles. The Labute approximate surface area is 194 Å². The van der Waals surface area contributed by atoms with Crippen LogP contribution in [0.4, 0.5) is 5.69 Å². The first-order valence-electron chi connectivity index (χ1n) is 11.0. The van der Waals surface area contributed by atoms with Crippen molar-refractivity contribution in [1.82, 2.24) is 4.57 Å². The van der Waals surface area contributed by atoms with E-state index in [1.807, 2.05) is 0 Å². The van der Waals surface area contributed by atoms with Gasteiger partial charge in [-0.05, 0) is 50.6 Å². The number of aromatic nitrogens is 1. The van der Waals surface area contributed by atoms with Gasteiger partial charge >= 0.3 is 8.25 Å². The highest BCUT2D eigenvalue weighted by Crippen LogP contribution is 2.39. The summed E-state index contributed by atoms with van der Waals surface area (Å²) in [6, 6.07) is 24.3. The Kier molecular flexibility index (Phi) is 6.31. The summed E-state index contributed by atoms with van der Waals surface area (Å²) in [5.41, 5.74) is 7.89. The first-order valence-corrected chi connectivity index (χ1v) is 12.2. The SMILES string of the molecule is CCn1c2ccccc2c2cc(C=CC3=[N+](C)c4ccccc4C3(C)C)ccc21.O=[P+](O)O. The molecule has 0 saturated heterocycles. The fraction of sp³-hybridized carbons (Fsp3) is 0.222. The third kappa shape index (κ3) is 4.16. The van der Waals surface area contributed by atoms with Crippen LogP contribution in [0.15, 0.2) is 72.8 Å². The van der Waals surface area contributed by atoms with Crippen molar-refractivity contribution in [3.63, 3.8) is 0 Å². The van der Waals surface area contributed by atoms with E-state index >= 15 is 0 Å². The third-order valence-corrected chi connectivity index (χ3v) is 6.49. The number of allylic oxidation sites excluding steroid dienone is 1. The molecule has 0 atom stereocenters. The fourth-order valence-corrected chi connectivity index (χ4v) is 4.99. The molecule has 0 spiro atoms. The molecule has 6 heteroatoms. The second-order valence-corrected chi connectivity index (χ2v) is 9.22. The maximum atomic E-state index is 8.70. The standard InChI is InChI=1S/C27H27N2.HO3P/c1-5-29-23-12-8-6-10-20(23)21-18-19(14-16-24(21)29)15-17-26-27(2,3)22-11-7-9-13-25(22)28(26)4;1-4(2)3/h6-18H,5H2,1-4H3;(H-,1,2,3)/q+1;/p+1. The van der Waals surface area contributed by atoms with E-state index in [0.717, 1.165) is 6.54 Å². The van der Waals surface area contributed by atoms with Crippen molar-refractivity contribution in [1.29, 1.82) is 0 Å². The van der Waals surface area contributed by atoms with Gasteiger partial charge in [0.05, 0.1) is 5.41 Å². The third-order valence-electron chi connectivity index (χ3n) is 6.49. The van der Waals surface area contributed by atoms with E-state index in [4.69, 9.17) is 14.4 Å². The second-order valence-electron chi connectivity index (χ2n) is 8.71. The molecule has 1 aromatic heterocycles. The number of fused-ring (bicyclic) bond motifs is 4. The van der Waals surface area contributed by atoms with Crippen LogP contribution in [0.3, 0.4) is 0 Å². The average molecular weight is 461 g/mol. The highest BCUT2D eigenvalue weighted by atomic mass is 31.1. The van der Waals surface area contributed by atoms with Crippen molar-refractivity contribution in [2.24, 2.45) is 0 Å². The summed E-state index contributed by atoms with van der Waals surface area (Å²) >= 11 is 0. The second kappa shape index (κ2) is 9.03. The molecule has 33 heavy (non-hydrogen) atoms. The highest BCUT2D eigenvalue weighted by molar-refractivity contribution is 7.30. The van der Waals surface area contributed by atoms with Crippen LogP contribution >= 0.6 is 8.25 Å². The van der Waals surface area contributed by atoms with Gasteiger partial charge in [-0.1, -0.05) is 42.5 Å². The van der Waals surface area contributed by atoms with Gasteiger partial charge in [-0.15, -0.1) is 9.79 Å². The van der Waals surface area contributed by atoms with E-state index < -0.39 is 8.25 Å². The number of hydrogen-bond donors (Lipinski definition) is 2. The Morgan fingerprint density at radius 2 is 1.58 bits per heavy atom. The summed E-state index contributed by atoms with van der Waals surface area (Å²) in [5, 5.41) is 2.66. The molecule has 0 fully saturated rings. The quantitative estimate of drug-likeness (QED) is 0.284. The minimum absolute atomic E-state index is 0.00415. The molecule has 0 amide bonds. The number of rotatable bonds is 3. The molecule has 2 N–H and O–H groups in total. The lowest BCUT2D eigenvalue weighted by molar-refractivity contribution is -0.401. The molecule has 3 aromatic carbocycles. The Morgan fingerprint density at radius 1 is 0.939 bits per heavy atom. The number of benzene rings is 3. The summed E-state index contributed by atoms with van der Waals surface area (Å²) in [5.74, 6) is 0. The van der Waals surface area contributed by atoms with Gasteiger partial charge in [-0.2, -0.15) is 4.58 Å². The van der Waals surface area contributed by atoms with Gasteiger partial charge in [-0.25, -0.2) is 0 Å². The van der Waals surface area contributed by atoms with E-state index in [9.17, 15) is 0 Å².